The van der Waals surface area contributed by atoms with E-state index in [0.29, 0.717) is 30.4 Å². The third-order valence-corrected chi connectivity index (χ3v) is 4.56. The Hall–Kier alpha value is -2.49. The van der Waals surface area contributed by atoms with E-state index in [1.165, 1.54) is 19.8 Å². The summed E-state index contributed by atoms with van der Waals surface area (Å²) in [5.41, 5.74) is 2.53. The molecule has 2 N–H and O–H groups in total. The van der Waals surface area contributed by atoms with Gasteiger partial charge in [0.2, 0.25) is 0 Å². The van der Waals surface area contributed by atoms with E-state index in [1.54, 1.807) is 19.2 Å². The van der Waals surface area contributed by atoms with Gasteiger partial charge in [-0.05, 0) is 29.3 Å². The lowest BCUT2D eigenvalue weighted by molar-refractivity contribution is 0.0597. The van der Waals surface area contributed by atoms with Crippen molar-refractivity contribution in [3.05, 3.63) is 59.2 Å². The molecular formula is C21H26IN3O4. The number of guanidine groups is 1. The fourth-order valence-electron chi connectivity index (χ4n) is 3.12. The fourth-order valence-corrected chi connectivity index (χ4v) is 3.12. The van der Waals surface area contributed by atoms with Gasteiger partial charge in [0.15, 0.2) is 5.96 Å². The molecule has 0 saturated carbocycles. The molecule has 7 nitrogen and oxygen atoms in total. The number of nitrogens with one attached hydrogen (secondary N) is 2. The number of aliphatic imine (C=N–C) groups is 1. The number of methoxy groups -OCH3 is 2. The topological polar surface area (TPSA) is 81.2 Å². The predicted molar refractivity (Wildman–Crippen MR) is 123 cm³/mol. The Balaban J connectivity index is 0.00000300. The average Bonchev–Trinajstić information content (AvgIpc) is 3.16. The normalized spacial score (nSPS) is 14.9. The van der Waals surface area contributed by atoms with Crippen molar-refractivity contribution in [1.29, 1.82) is 0 Å². The molecule has 3 rings (SSSR count). The summed E-state index contributed by atoms with van der Waals surface area (Å²) in [4.78, 5) is 16.2. The van der Waals surface area contributed by atoms with Gasteiger partial charge in [0, 0.05) is 20.0 Å². The summed E-state index contributed by atoms with van der Waals surface area (Å²) in [7, 11) is 4.59. The van der Waals surface area contributed by atoms with Gasteiger partial charge in [-0.25, -0.2) is 4.79 Å². The van der Waals surface area contributed by atoms with Crippen LogP contribution in [0.15, 0.2) is 47.5 Å². The van der Waals surface area contributed by atoms with Crippen LogP contribution < -0.4 is 20.1 Å². The van der Waals surface area contributed by atoms with Crippen molar-refractivity contribution in [2.45, 2.75) is 19.1 Å². The summed E-state index contributed by atoms with van der Waals surface area (Å²) >= 11 is 0. The second-order valence-corrected chi connectivity index (χ2v) is 6.38. The lowest BCUT2D eigenvalue weighted by atomic mass is 10.1. The lowest BCUT2D eigenvalue weighted by Crippen LogP contribution is -2.41. The molecule has 0 fully saturated rings. The van der Waals surface area contributed by atoms with Crippen molar-refractivity contribution in [3.63, 3.8) is 0 Å². The highest BCUT2D eigenvalue weighted by Crippen LogP contribution is 2.27. The number of hydrogen-bond acceptors (Lipinski definition) is 5. The number of rotatable bonds is 6. The number of para-hydroxylation sites is 1. The minimum absolute atomic E-state index is 0. The van der Waals surface area contributed by atoms with E-state index < -0.39 is 5.97 Å². The van der Waals surface area contributed by atoms with E-state index in [2.05, 4.69) is 21.7 Å². The van der Waals surface area contributed by atoms with Gasteiger partial charge in [-0.1, -0.05) is 24.3 Å². The molecule has 2 aromatic carbocycles. The molecule has 1 aliphatic heterocycles. The second-order valence-electron chi connectivity index (χ2n) is 6.38. The van der Waals surface area contributed by atoms with Crippen LogP contribution in [0.2, 0.25) is 0 Å². The van der Waals surface area contributed by atoms with Crippen LogP contribution in [0.4, 0.5) is 0 Å². The zero-order valence-corrected chi connectivity index (χ0v) is 19.1. The van der Waals surface area contributed by atoms with Gasteiger partial charge in [0.1, 0.15) is 23.2 Å². The summed E-state index contributed by atoms with van der Waals surface area (Å²) in [6, 6.07) is 13.5. The number of hydrogen-bond donors (Lipinski definition) is 2. The van der Waals surface area contributed by atoms with E-state index in [-0.39, 0.29) is 30.1 Å². The number of esters is 1. The molecule has 8 heteroatoms. The van der Waals surface area contributed by atoms with Crippen LogP contribution in [0.3, 0.4) is 0 Å². The van der Waals surface area contributed by atoms with Crippen LogP contribution in [0.5, 0.6) is 11.5 Å². The van der Waals surface area contributed by atoms with Gasteiger partial charge in [0.25, 0.3) is 0 Å². The minimum Gasteiger partial charge on any atom is -0.496 e. The van der Waals surface area contributed by atoms with Crippen LogP contribution in [-0.4, -0.2) is 45.8 Å². The largest absolute Gasteiger partial charge is 0.496 e. The number of carbonyl (C=O) groups is 1. The van der Waals surface area contributed by atoms with Crippen molar-refractivity contribution in [3.8, 4) is 11.5 Å². The maximum atomic E-state index is 11.9. The van der Waals surface area contributed by atoms with Crippen LogP contribution >= 0.6 is 24.0 Å². The molecular weight excluding hydrogens is 485 g/mol. The molecule has 0 aliphatic carbocycles. The summed E-state index contributed by atoms with van der Waals surface area (Å²) in [6.45, 7) is 1.14. The summed E-state index contributed by atoms with van der Waals surface area (Å²) in [6.07, 6.45) is 0.948. The maximum Gasteiger partial charge on any atom is 0.341 e. The Morgan fingerprint density at radius 2 is 2.00 bits per heavy atom. The predicted octanol–water partition coefficient (Wildman–Crippen LogP) is 2.77. The summed E-state index contributed by atoms with van der Waals surface area (Å²) in [5.74, 6) is 1.66. The highest BCUT2D eigenvalue weighted by Gasteiger charge is 2.22. The van der Waals surface area contributed by atoms with Gasteiger partial charge in [-0.15, -0.1) is 24.0 Å². The number of fused-ring (bicyclic) bond motifs is 1. The Morgan fingerprint density at radius 1 is 1.21 bits per heavy atom. The Bertz CT molecular complexity index is 848. The summed E-state index contributed by atoms with van der Waals surface area (Å²) in [5, 5.41) is 6.53. The molecule has 0 aromatic heterocycles. The van der Waals surface area contributed by atoms with E-state index in [4.69, 9.17) is 14.2 Å². The standard InChI is InChI=1S/C21H25N3O4.HI/c1-22-21(24-13-16-11-15-6-4-5-7-18(15)28-16)23-12-14-8-9-19(26-2)17(10-14)20(25)27-3;/h4-10,16H,11-13H2,1-3H3,(H2,22,23,24);1H. The number of carbonyl (C=O) groups excluding carboxylic acids is 1. The fraction of sp³-hybridized carbons (Fsp3) is 0.333. The van der Waals surface area contributed by atoms with E-state index in [9.17, 15) is 4.79 Å². The molecule has 1 atom stereocenters. The first-order chi connectivity index (χ1) is 13.6. The first-order valence-electron chi connectivity index (χ1n) is 9.09. The molecule has 0 radical (unpaired) electrons. The highest BCUT2D eigenvalue weighted by molar-refractivity contribution is 14.0. The first kappa shape index (κ1) is 22.8. The molecule has 1 aliphatic rings. The van der Waals surface area contributed by atoms with Crippen molar-refractivity contribution in [1.82, 2.24) is 10.6 Å². The van der Waals surface area contributed by atoms with Crippen molar-refractivity contribution in [2.24, 2.45) is 4.99 Å². The van der Waals surface area contributed by atoms with Gasteiger partial charge in [-0.2, -0.15) is 0 Å². The van der Waals surface area contributed by atoms with E-state index in [0.717, 1.165) is 17.7 Å². The molecule has 29 heavy (non-hydrogen) atoms. The van der Waals surface area contributed by atoms with Crippen LogP contribution in [0, 0.1) is 0 Å². The van der Waals surface area contributed by atoms with Gasteiger partial charge >= 0.3 is 5.97 Å². The maximum absolute atomic E-state index is 11.9. The zero-order chi connectivity index (χ0) is 19.9. The molecule has 1 unspecified atom stereocenters. The third-order valence-electron chi connectivity index (χ3n) is 4.56. The quantitative estimate of drug-likeness (QED) is 0.269. The van der Waals surface area contributed by atoms with E-state index in [1.807, 2.05) is 24.3 Å². The van der Waals surface area contributed by atoms with Crippen molar-refractivity contribution in [2.75, 3.05) is 27.8 Å². The number of halogens is 1. The first-order valence-corrected chi connectivity index (χ1v) is 9.09. The number of nitrogens with zero attached hydrogens (tertiary/aromatic N) is 1. The highest BCUT2D eigenvalue weighted by atomic mass is 127. The monoisotopic (exact) mass is 511 g/mol. The minimum atomic E-state index is -0.431. The average molecular weight is 511 g/mol. The van der Waals surface area contributed by atoms with E-state index >= 15 is 0 Å². The van der Waals surface area contributed by atoms with Gasteiger partial charge < -0.3 is 24.8 Å². The van der Waals surface area contributed by atoms with Gasteiger partial charge in [-0.3, -0.25) is 4.99 Å². The van der Waals surface area contributed by atoms with Gasteiger partial charge in [0.05, 0.1) is 20.8 Å². The number of ether oxygens (including phenoxy) is 3. The molecule has 0 spiro atoms. The van der Waals surface area contributed by atoms with Crippen LogP contribution in [-0.2, 0) is 17.7 Å². The molecule has 2 aromatic rings. The zero-order valence-electron chi connectivity index (χ0n) is 16.7. The lowest BCUT2D eigenvalue weighted by Gasteiger charge is -2.16. The third kappa shape index (κ3) is 5.75. The molecule has 0 bridgehead atoms. The van der Waals surface area contributed by atoms with Crippen molar-refractivity contribution < 1.29 is 19.0 Å². The smallest absolute Gasteiger partial charge is 0.341 e. The molecule has 0 saturated heterocycles. The molecule has 156 valence electrons. The molecule has 0 amide bonds. The summed E-state index contributed by atoms with van der Waals surface area (Å²) < 4.78 is 16.0. The van der Waals surface area contributed by atoms with Crippen LogP contribution in [0.25, 0.3) is 0 Å². The Morgan fingerprint density at radius 3 is 2.69 bits per heavy atom. The number of benzene rings is 2. The Kier molecular flexibility index (Phi) is 8.56. The van der Waals surface area contributed by atoms with Crippen molar-refractivity contribution >= 4 is 35.9 Å². The van der Waals surface area contributed by atoms with Crippen LogP contribution in [0.1, 0.15) is 21.5 Å². The Labute approximate surface area is 187 Å². The molecule has 1 heterocycles. The SMILES string of the molecule is CN=C(NCc1ccc(OC)c(C(=O)OC)c1)NCC1Cc2ccccc2O1.I. The second kappa shape index (κ2) is 10.9.